The standard InChI is InChI=1S/C18H29NO/c1-5-14-8-9-17(16(12-14)18(2,3)4)20-11-10-19-13-15-6-7-15/h8-9,12,15,19H,5-7,10-11,13H2,1-4H3. The Labute approximate surface area is 123 Å². The topological polar surface area (TPSA) is 21.3 Å². The van der Waals surface area contributed by atoms with Gasteiger partial charge in [0.05, 0.1) is 0 Å². The normalized spacial score (nSPS) is 15.4. The van der Waals surface area contributed by atoms with Crippen LogP contribution in [-0.2, 0) is 11.8 Å². The van der Waals surface area contributed by atoms with Gasteiger partial charge in [0.15, 0.2) is 0 Å². The Kier molecular flexibility index (Phi) is 5.09. The van der Waals surface area contributed by atoms with E-state index in [-0.39, 0.29) is 5.41 Å². The van der Waals surface area contributed by atoms with E-state index in [0.717, 1.165) is 37.8 Å². The Hall–Kier alpha value is -1.02. The van der Waals surface area contributed by atoms with Gasteiger partial charge in [0, 0.05) is 6.54 Å². The molecule has 1 aromatic rings. The average Bonchev–Trinajstić information content (AvgIpc) is 3.21. The molecular weight excluding hydrogens is 246 g/mol. The van der Waals surface area contributed by atoms with Crippen LogP contribution in [0, 0.1) is 5.92 Å². The van der Waals surface area contributed by atoms with E-state index in [1.807, 2.05) is 0 Å². The van der Waals surface area contributed by atoms with Crippen LogP contribution in [0.5, 0.6) is 5.75 Å². The zero-order valence-corrected chi connectivity index (χ0v) is 13.5. The number of hydrogen-bond donors (Lipinski definition) is 1. The predicted molar refractivity (Wildman–Crippen MR) is 85.6 cm³/mol. The zero-order chi connectivity index (χ0) is 14.6. The number of benzene rings is 1. The van der Waals surface area contributed by atoms with E-state index in [1.165, 1.54) is 24.0 Å². The number of nitrogens with one attached hydrogen (secondary N) is 1. The third-order valence-corrected chi connectivity index (χ3v) is 3.93. The van der Waals surface area contributed by atoms with E-state index in [1.54, 1.807) is 0 Å². The highest BCUT2D eigenvalue weighted by Crippen LogP contribution is 2.32. The first-order valence-electron chi connectivity index (χ1n) is 7.97. The minimum absolute atomic E-state index is 0.127. The second kappa shape index (κ2) is 6.62. The average molecular weight is 275 g/mol. The first kappa shape index (κ1) is 15.4. The molecule has 1 saturated carbocycles. The molecule has 0 radical (unpaired) electrons. The van der Waals surface area contributed by atoms with Crippen LogP contribution < -0.4 is 10.1 Å². The summed E-state index contributed by atoms with van der Waals surface area (Å²) in [5, 5.41) is 3.47. The van der Waals surface area contributed by atoms with E-state index in [4.69, 9.17) is 4.74 Å². The molecular formula is C18H29NO. The van der Waals surface area contributed by atoms with Gasteiger partial charge in [-0.15, -0.1) is 0 Å². The summed E-state index contributed by atoms with van der Waals surface area (Å²) in [6.45, 7) is 11.8. The number of hydrogen-bond acceptors (Lipinski definition) is 2. The summed E-state index contributed by atoms with van der Waals surface area (Å²) in [6.07, 6.45) is 3.88. The zero-order valence-electron chi connectivity index (χ0n) is 13.5. The van der Waals surface area contributed by atoms with Crippen molar-refractivity contribution in [1.29, 1.82) is 0 Å². The Balaban J connectivity index is 1.91. The molecule has 0 unspecified atom stereocenters. The molecule has 1 fully saturated rings. The highest BCUT2D eigenvalue weighted by molar-refractivity contribution is 5.41. The van der Waals surface area contributed by atoms with Crippen LogP contribution >= 0.6 is 0 Å². The molecule has 1 aliphatic carbocycles. The van der Waals surface area contributed by atoms with Crippen LogP contribution in [-0.4, -0.2) is 19.7 Å². The molecule has 0 atom stereocenters. The molecule has 0 spiro atoms. The van der Waals surface area contributed by atoms with Crippen molar-refractivity contribution in [3.8, 4) is 5.75 Å². The van der Waals surface area contributed by atoms with Crippen LogP contribution in [0.2, 0.25) is 0 Å². The lowest BCUT2D eigenvalue weighted by Gasteiger charge is -2.23. The molecule has 2 heteroatoms. The Morgan fingerprint density at radius 3 is 2.60 bits per heavy atom. The smallest absolute Gasteiger partial charge is 0.123 e. The van der Waals surface area contributed by atoms with Gasteiger partial charge in [0.25, 0.3) is 0 Å². The summed E-state index contributed by atoms with van der Waals surface area (Å²) in [5.41, 5.74) is 2.83. The van der Waals surface area contributed by atoms with Crippen molar-refractivity contribution < 1.29 is 4.74 Å². The Morgan fingerprint density at radius 1 is 1.25 bits per heavy atom. The molecule has 20 heavy (non-hydrogen) atoms. The Bertz CT molecular complexity index is 430. The summed E-state index contributed by atoms with van der Waals surface area (Å²) in [7, 11) is 0. The van der Waals surface area contributed by atoms with Crippen LogP contribution in [0.3, 0.4) is 0 Å². The highest BCUT2D eigenvalue weighted by Gasteiger charge is 2.21. The largest absolute Gasteiger partial charge is 0.492 e. The molecule has 0 heterocycles. The molecule has 0 amide bonds. The highest BCUT2D eigenvalue weighted by atomic mass is 16.5. The lowest BCUT2D eigenvalue weighted by molar-refractivity contribution is 0.305. The molecule has 0 aliphatic heterocycles. The second-order valence-electron chi connectivity index (χ2n) is 6.93. The van der Waals surface area contributed by atoms with Crippen molar-refractivity contribution in [2.75, 3.05) is 19.7 Å². The minimum atomic E-state index is 0.127. The van der Waals surface area contributed by atoms with Crippen molar-refractivity contribution in [3.05, 3.63) is 29.3 Å². The quantitative estimate of drug-likeness (QED) is 0.761. The van der Waals surface area contributed by atoms with E-state index in [0.29, 0.717) is 0 Å². The first-order chi connectivity index (χ1) is 9.50. The van der Waals surface area contributed by atoms with Gasteiger partial charge < -0.3 is 10.1 Å². The fourth-order valence-electron chi connectivity index (χ4n) is 2.37. The van der Waals surface area contributed by atoms with E-state index < -0.39 is 0 Å². The molecule has 2 rings (SSSR count). The molecule has 2 nitrogen and oxygen atoms in total. The van der Waals surface area contributed by atoms with Crippen LogP contribution in [0.1, 0.15) is 51.7 Å². The third kappa shape index (κ3) is 4.52. The van der Waals surface area contributed by atoms with Crippen molar-refractivity contribution in [2.45, 2.75) is 52.4 Å². The molecule has 112 valence electrons. The maximum atomic E-state index is 6.00. The number of ether oxygens (including phenoxy) is 1. The van der Waals surface area contributed by atoms with Gasteiger partial charge >= 0.3 is 0 Å². The molecule has 0 aromatic heterocycles. The molecule has 0 bridgehead atoms. The molecule has 1 N–H and O–H groups in total. The van der Waals surface area contributed by atoms with Crippen molar-refractivity contribution in [3.63, 3.8) is 0 Å². The Morgan fingerprint density at radius 2 is 2.00 bits per heavy atom. The lowest BCUT2D eigenvalue weighted by atomic mass is 9.85. The fraction of sp³-hybridized carbons (Fsp3) is 0.667. The predicted octanol–water partition coefficient (Wildman–Crippen LogP) is 3.92. The van der Waals surface area contributed by atoms with Gasteiger partial charge in [0.2, 0.25) is 0 Å². The number of rotatable bonds is 7. The summed E-state index contributed by atoms with van der Waals surface area (Å²) in [4.78, 5) is 0. The van der Waals surface area contributed by atoms with Gasteiger partial charge in [-0.05, 0) is 54.3 Å². The molecule has 0 saturated heterocycles. The maximum absolute atomic E-state index is 6.00. The van der Waals surface area contributed by atoms with E-state index in [2.05, 4.69) is 51.2 Å². The summed E-state index contributed by atoms with van der Waals surface area (Å²) in [5.74, 6) is 1.98. The van der Waals surface area contributed by atoms with Crippen molar-refractivity contribution in [1.82, 2.24) is 5.32 Å². The minimum Gasteiger partial charge on any atom is -0.492 e. The fourth-order valence-corrected chi connectivity index (χ4v) is 2.37. The summed E-state index contributed by atoms with van der Waals surface area (Å²) < 4.78 is 6.00. The third-order valence-electron chi connectivity index (χ3n) is 3.93. The lowest BCUT2D eigenvalue weighted by Crippen LogP contribution is -2.24. The van der Waals surface area contributed by atoms with Crippen molar-refractivity contribution >= 4 is 0 Å². The second-order valence-corrected chi connectivity index (χ2v) is 6.93. The van der Waals surface area contributed by atoms with Crippen molar-refractivity contribution in [2.24, 2.45) is 5.92 Å². The van der Waals surface area contributed by atoms with Crippen LogP contribution in [0.25, 0.3) is 0 Å². The van der Waals surface area contributed by atoms with Gasteiger partial charge in [-0.2, -0.15) is 0 Å². The number of aryl methyl sites for hydroxylation is 1. The van der Waals surface area contributed by atoms with Gasteiger partial charge in [-0.1, -0.05) is 39.8 Å². The van der Waals surface area contributed by atoms with Gasteiger partial charge in [-0.3, -0.25) is 0 Å². The monoisotopic (exact) mass is 275 g/mol. The van der Waals surface area contributed by atoms with Crippen LogP contribution in [0.15, 0.2) is 18.2 Å². The van der Waals surface area contributed by atoms with Crippen LogP contribution in [0.4, 0.5) is 0 Å². The van der Waals surface area contributed by atoms with E-state index in [9.17, 15) is 0 Å². The van der Waals surface area contributed by atoms with Gasteiger partial charge in [-0.25, -0.2) is 0 Å². The SMILES string of the molecule is CCc1ccc(OCCNCC2CC2)c(C(C)(C)C)c1. The summed E-state index contributed by atoms with van der Waals surface area (Å²) in [6, 6.07) is 6.62. The van der Waals surface area contributed by atoms with Gasteiger partial charge in [0.1, 0.15) is 12.4 Å². The van der Waals surface area contributed by atoms with E-state index >= 15 is 0 Å². The summed E-state index contributed by atoms with van der Waals surface area (Å²) >= 11 is 0. The maximum Gasteiger partial charge on any atom is 0.123 e. The first-order valence-corrected chi connectivity index (χ1v) is 7.97. The molecule has 1 aromatic carbocycles. The molecule has 1 aliphatic rings.